The van der Waals surface area contributed by atoms with E-state index in [2.05, 4.69) is 15.2 Å². The fraction of sp³-hybridized carbons (Fsp3) is 0.533. The molecule has 1 aliphatic heterocycles. The Morgan fingerprint density at radius 3 is 2.75 bits per heavy atom. The van der Waals surface area contributed by atoms with Crippen molar-refractivity contribution in [2.24, 2.45) is 0 Å². The van der Waals surface area contributed by atoms with Crippen LogP contribution in [0.3, 0.4) is 0 Å². The molecular formula is C15H22N6O2S. The van der Waals surface area contributed by atoms with Crippen LogP contribution in [0.2, 0.25) is 0 Å². The van der Waals surface area contributed by atoms with Gasteiger partial charge in [0.15, 0.2) is 0 Å². The van der Waals surface area contributed by atoms with Crippen molar-refractivity contribution in [1.29, 1.82) is 0 Å². The van der Waals surface area contributed by atoms with Crippen LogP contribution in [0.25, 0.3) is 11.3 Å². The molecule has 0 amide bonds. The number of nitrogens with zero attached hydrogens (tertiary/aromatic N) is 5. The Morgan fingerprint density at radius 1 is 1.29 bits per heavy atom. The predicted molar refractivity (Wildman–Crippen MR) is 90.5 cm³/mol. The highest BCUT2D eigenvalue weighted by Crippen LogP contribution is 2.29. The number of H-pyrrole nitrogens is 1. The first kappa shape index (κ1) is 17.0. The molecule has 0 saturated carbocycles. The zero-order chi connectivity index (χ0) is 17.3. The molecule has 2 aromatic heterocycles. The van der Waals surface area contributed by atoms with Crippen LogP contribution in [-0.4, -0.2) is 64.4 Å². The summed E-state index contributed by atoms with van der Waals surface area (Å²) in [7, 11) is -0.284. The number of piperidine rings is 1. The van der Waals surface area contributed by atoms with E-state index in [9.17, 15) is 8.42 Å². The van der Waals surface area contributed by atoms with Crippen LogP contribution >= 0.6 is 0 Å². The zero-order valence-electron chi connectivity index (χ0n) is 14.1. The Balaban J connectivity index is 1.86. The fourth-order valence-electron chi connectivity index (χ4n) is 2.94. The van der Waals surface area contributed by atoms with Crippen molar-refractivity contribution in [3.63, 3.8) is 0 Å². The summed E-state index contributed by atoms with van der Waals surface area (Å²) in [5, 5.41) is 6.91. The molecule has 1 N–H and O–H groups in total. The average molecular weight is 350 g/mol. The lowest BCUT2D eigenvalue weighted by molar-refractivity contribution is 0.296. The minimum absolute atomic E-state index is 0.0492. The lowest BCUT2D eigenvalue weighted by Gasteiger charge is -2.33. The summed E-state index contributed by atoms with van der Waals surface area (Å²) in [5.41, 5.74) is 3.43. The third-order valence-corrected chi connectivity index (χ3v) is 6.26. The van der Waals surface area contributed by atoms with Crippen molar-refractivity contribution < 1.29 is 8.42 Å². The Kier molecular flexibility index (Phi) is 4.66. The van der Waals surface area contributed by atoms with Gasteiger partial charge >= 0.3 is 0 Å². The average Bonchev–Trinajstić information content (AvgIpc) is 3.01. The number of hydrogen-bond acceptors (Lipinski definition) is 5. The third-order valence-electron chi connectivity index (χ3n) is 4.35. The highest BCUT2D eigenvalue weighted by atomic mass is 32.2. The summed E-state index contributed by atoms with van der Waals surface area (Å²) >= 11 is 0. The van der Waals surface area contributed by atoms with E-state index in [-0.39, 0.29) is 5.92 Å². The molecule has 9 heteroatoms. The number of hydrogen-bond donors (Lipinski definition) is 1. The molecule has 130 valence electrons. The first-order valence-corrected chi connectivity index (χ1v) is 9.29. The quantitative estimate of drug-likeness (QED) is 0.893. The van der Waals surface area contributed by atoms with Crippen molar-refractivity contribution in [1.82, 2.24) is 28.8 Å². The second-order valence-electron chi connectivity index (χ2n) is 6.23. The molecule has 8 nitrogen and oxygen atoms in total. The van der Waals surface area contributed by atoms with Gasteiger partial charge in [0.05, 0.1) is 23.8 Å². The number of nitrogens with one attached hydrogen (secondary N) is 1. The van der Waals surface area contributed by atoms with E-state index in [0.717, 1.165) is 35.5 Å². The maximum absolute atomic E-state index is 12.4. The lowest BCUT2D eigenvalue weighted by atomic mass is 9.96. The zero-order valence-corrected chi connectivity index (χ0v) is 14.9. The standard InChI is InChI=1S/C15H22N6O2S/c1-11-13(7-17-19-11)15-9-16-8-14(18-15)12-5-4-6-21(10-12)24(22,23)20(2)3/h7-9,12H,4-6,10H2,1-3H3,(H,17,19)/t12-/m0/s1. The highest BCUT2D eigenvalue weighted by Gasteiger charge is 2.31. The smallest absolute Gasteiger partial charge is 0.281 e. The van der Waals surface area contributed by atoms with E-state index in [1.54, 1.807) is 32.7 Å². The maximum atomic E-state index is 12.4. The van der Waals surface area contributed by atoms with Crippen molar-refractivity contribution in [3.05, 3.63) is 30.0 Å². The SMILES string of the molecule is Cc1[nH]ncc1-c1cncc([C@H]2CCCN(S(=O)(=O)N(C)C)C2)n1. The fourth-order valence-corrected chi connectivity index (χ4v) is 4.13. The minimum Gasteiger partial charge on any atom is -0.282 e. The van der Waals surface area contributed by atoms with E-state index in [0.29, 0.717) is 13.1 Å². The summed E-state index contributed by atoms with van der Waals surface area (Å²) in [6.07, 6.45) is 6.89. The van der Waals surface area contributed by atoms with E-state index in [1.165, 1.54) is 8.61 Å². The Hall–Kier alpha value is -1.84. The van der Waals surface area contributed by atoms with Gasteiger partial charge in [-0.25, -0.2) is 4.98 Å². The molecule has 1 atom stereocenters. The Bertz CT molecular complexity index is 817. The first-order chi connectivity index (χ1) is 11.4. The van der Waals surface area contributed by atoms with Gasteiger partial charge in [-0.2, -0.15) is 22.1 Å². The molecule has 0 radical (unpaired) electrons. The largest absolute Gasteiger partial charge is 0.282 e. The lowest BCUT2D eigenvalue weighted by Crippen LogP contribution is -2.45. The molecule has 0 aromatic carbocycles. The van der Waals surface area contributed by atoms with Gasteiger partial charge in [-0.15, -0.1) is 0 Å². The molecule has 3 heterocycles. The van der Waals surface area contributed by atoms with E-state index in [4.69, 9.17) is 4.98 Å². The molecule has 1 saturated heterocycles. The van der Waals surface area contributed by atoms with Crippen LogP contribution in [0.1, 0.15) is 30.1 Å². The predicted octanol–water partition coefficient (Wildman–Crippen LogP) is 1.16. The van der Waals surface area contributed by atoms with Crippen LogP contribution in [0.4, 0.5) is 0 Å². The van der Waals surface area contributed by atoms with Gasteiger partial charge in [0, 0.05) is 50.6 Å². The maximum Gasteiger partial charge on any atom is 0.281 e. The first-order valence-electron chi connectivity index (χ1n) is 7.89. The monoisotopic (exact) mass is 350 g/mol. The van der Waals surface area contributed by atoms with Gasteiger partial charge in [-0.3, -0.25) is 10.1 Å². The van der Waals surface area contributed by atoms with Crippen LogP contribution < -0.4 is 0 Å². The second kappa shape index (κ2) is 6.58. The number of aryl methyl sites for hydroxylation is 1. The van der Waals surface area contributed by atoms with Crippen molar-refractivity contribution in [2.45, 2.75) is 25.7 Å². The summed E-state index contributed by atoms with van der Waals surface area (Å²) in [5.74, 6) is 0.0492. The summed E-state index contributed by atoms with van der Waals surface area (Å²) in [6, 6.07) is 0. The molecule has 0 bridgehead atoms. The van der Waals surface area contributed by atoms with Crippen LogP contribution in [0.15, 0.2) is 18.6 Å². The number of aromatic nitrogens is 4. The van der Waals surface area contributed by atoms with E-state index in [1.807, 2.05) is 6.92 Å². The van der Waals surface area contributed by atoms with Crippen LogP contribution in [0.5, 0.6) is 0 Å². The Morgan fingerprint density at radius 2 is 2.08 bits per heavy atom. The second-order valence-corrected chi connectivity index (χ2v) is 8.37. The van der Waals surface area contributed by atoms with Gasteiger partial charge < -0.3 is 0 Å². The molecular weight excluding hydrogens is 328 g/mol. The van der Waals surface area contributed by atoms with Gasteiger partial charge in [-0.05, 0) is 19.8 Å². The molecule has 0 spiro atoms. The van der Waals surface area contributed by atoms with Crippen molar-refractivity contribution in [3.8, 4) is 11.3 Å². The van der Waals surface area contributed by atoms with Crippen LogP contribution in [-0.2, 0) is 10.2 Å². The molecule has 2 aromatic rings. The van der Waals surface area contributed by atoms with Crippen molar-refractivity contribution >= 4 is 10.2 Å². The van der Waals surface area contributed by atoms with Crippen LogP contribution in [0, 0.1) is 6.92 Å². The summed E-state index contributed by atoms with van der Waals surface area (Å²) in [4.78, 5) is 9.00. The number of rotatable bonds is 4. The number of aromatic amines is 1. The van der Waals surface area contributed by atoms with E-state index < -0.39 is 10.2 Å². The van der Waals surface area contributed by atoms with E-state index >= 15 is 0 Å². The highest BCUT2D eigenvalue weighted by molar-refractivity contribution is 7.86. The minimum atomic E-state index is -3.40. The molecule has 0 unspecified atom stereocenters. The summed E-state index contributed by atoms with van der Waals surface area (Å²) in [6.45, 7) is 2.91. The topological polar surface area (TPSA) is 95.1 Å². The molecule has 24 heavy (non-hydrogen) atoms. The van der Waals surface area contributed by atoms with Crippen molar-refractivity contribution in [2.75, 3.05) is 27.2 Å². The molecule has 0 aliphatic carbocycles. The molecule has 3 rings (SSSR count). The van der Waals surface area contributed by atoms with Gasteiger partial charge in [0.2, 0.25) is 0 Å². The van der Waals surface area contributed by atoms with Gasteiger partial charge in [-0.1, -0.05) is 0 Å². The molecule has 1 fully saturated rings. The Labute approximate surface area is 142 Å². The normalized spacial score (nSPS) is 19.8. The third kappa shape index (κ3) is 3.19. The summed E-state index contributed by atoms with van der Waals surface area (Å²) < 4.78 is 27.5. The van der Waals surface area contributed by atoms with Gasteiger partial charge in [0.25, 0.3) is 10.2 Å². The molecule has 1 aliphatic rings. The van der Waals surface area contributed by atoms with Gasteiger partial charge in [0.1, 0.15) is 0 Å².